The zero-order valence-electron chi connectivity index (χ0n) is 11.0. The summed E-state index contributed by atoms with van der Waals surface area (Å²) in [5.41, 5.74) is 0.784. The summed E-state index contributed by atoms with van der Waals surface area (Å²) in [6.07, 6.45) is 3.69. The summed E-state index contributed by atoms with van der Waals surface area (Å²) in [5.74, 6) is 0. The Balaban J connectivity index is 2.11. The summed E-state index contributed by atoms with van der Waals surface area (Å²) in [5, 5.41) is 3.95. The van der Waals surface area contributed by atoms with E-state index in [1.165, 1.54) is 0 Å². The van der Waals surface area contributed by atoms with Gasteiger partial charge in [0.25, 0.3) is 5.56 Å². The van der Waals surface area contributed by atoms with Crippen molar-refractivity contribution in [3.8, 4) is 0 Å². The highest BCUT2D eigenvalue weighted by molar-refractivity contribution is 9.10. The Morgan fingerprint density at radius 2 is 2.21 bits per heavy atom. The largest absolute Gasteiger partial charge is 0.317 e. The first-order valence-corrected chi connectivity index (χ1v) is 7.37. The number of fused-ring (bicyclic) bond motifs is 1. The third-order valence-corrected chi connectivity index (χ3v) is 3.53. The van der Waals surface area contributed by atoms with Crippen LogP contribution >= 0.6 is 15.9 Å². The van der Waals surface area contributed by atoms with Crippen molar-refractivity contribution in [3.05, 3.63) is 39.4 Å². The molecule has 2 rings (SSSR count). The number of halogens is 1. The fourth-order valence-electron chi connectivity index (χ4n) is 2.00. The highest BCUT2D eigenvalue weighted by Gasteiger charge is 2.04. The number of unbranched alkanes of at least 4 members (excludes halogenated alkanes) is 1. The van der Waals surface area contributed by atoms with Crippen LogP contribution in [-0.4, -0.2) is 22.6 Å². The second-order valence-electron chi connectivity index (χ2n) is 4.47. The molecule has 0 amide bonds. The molecule has 2 aromatic rings. The van der Waals surface area contributed by atoms with Crippen LogP contribution in [0.15, 0.2) is 33.8 Å². The molecule has 0 atom stereocenters. The number of aromatic nitrogens is 2. The van der Waals surface area contributed by atoms with E-state index in [-0.39, 0.29) is 5.56 Å². The van der Waals surface area contributed by atoms with E-state index in [0.717, 1.165) is 42.5 Å². The van der Waals surface area contributed by atoms with Gasteiger partial charge in [0.05, 0.1) is 17.2 Å². The summed E-state index contributed by atoms with van der Waals surface area (Å²) in [4.78, 5) is 16.6. The molecular weight excluding hydrogens is 306 g/mol. The van der Waals surface area contributed by atoms with Crippen LogP contribution in [0.2, 0.25) is 0 Å². The van der Waals surface area contributed by atoms with Gasteiger partial charge in [-0.3, -0.25) is 9.36 Å². The molecule has 0 aliphatic carbocycles. The van der Waals surface area contributed by atoms with Gasteiger partial charge < -0.3 is 5.32 Å². The van der Waals surface area contributed by atoms with E-state index in [1.54, 1.807) is 10.9 Å². The first-order chi connectivity index (χ1) is 9.22. The van der Waals surface area contributed by atoms with Gasteiger partial charge in [-0.05, 0) is 44.1 Å². The highest BCUT2D eigenvalue weighted by Crippen LogP contribution is 2.14. The van der Waals surface area contributed by atoms with Crippen LogP contribution in [0.3, 0.4) is 0 Å². The number of rotatable bonds is 6. The lowest BCUT2D eigenvalue weighted by atomic mass is 10.2. The van der Waals surface area contributed by atoms with Gasteiger partial charge in [-0.2, -0.15) is 0 Å². The Morgan fingerprint density at radius 3 is 3.00 bits per heavy atom. The van der Waals surface area contributed by atoms with Gasteiger partial charge in [-0.15, -0.1) is 0 Å². The lowest BCUT2D eigenvalue weighted by molar-refractivity contribution is 0.564. The van der Waals surface area contributed by atoms with Gasteiger partial charge >= 0.3 is 0 Å². The van der Waals surface area contributed by atoms with E-state index in [9.17, 15) is 4.79 Å². The number of nitrogens with one attached hydrogen (secondary N) is 1. The Bertz CT molecular complexity index is 609. The van der Waals surface area contributed by atoms with Crippen molar-refractivity contribution < 1.29 is 0 Å². The van der Waals surface area contributed by atoms with Crippen molar-refractivity contribution in [3.63, 3.8) is 0 Å². The molecule has 0 radical (unpaired) electrons. The number of benzene rings is 1. The van der Waals surface area contributed by atoms with E-state index >= 15 is 0 Å². The standard InChI is InChI=1S/C14H18BrN3O/c1-2-16-7-3-4-8-18-10-17-13-6-5-11(15)9-12(13)14(18)19/h5-6,9-10,16H,2-4,7-8H2,1H3. The van der Waals surface area contributed by atoms with Crippen molar-refractivity contribution >= 4 is 26.8 Å². The molecule has 1 N–H and O–H groups in total. The topological polar surface area (TPSA) is 46.9 Å². The third-order valence-electron chi connectivity index (χ3n) is 3.04. The summed E-state index contributed by atoms with van der Waals surface area (Å²) < 4.78 is 2.60. The van der Waals surface area contributed by atoms with Crippen molar-refractivity contribution in [2.45, 2.75) is 26.3 Å². The lowest BCUT2D eigenvalue weighted by Crippen LogP contribution is -2.21. The fraction of sp³-hybridized carbons (Fsp3) is 0.429. The summed E-state index contributed by atoms with van der Waals surface area (Å²) in [6, 6.07) is 5.59. The second kappa shape index (κ2) is 6.82. The minimum absolute atomic E-state index is 0.0368. The van der Waals surface area contributed by atoms with Crippen molar-refractivity contribution in [1.82, 2.24) is 14.9 Å². The molecule has 4 nitrogen and oxygen atoms in total. The molecule has 0 saturated heterocycles. The molecule has 0 fully saturated rings. The van der Waals surface area contributed by atoms with Gasteiger partial charge in [0.1, 0.15) is 0 Å². The average molecular weight is 324 g/mol. The lowest BCUT2D eigenvalue weighted by Gasteiger charge is -2.07. The van der Waals surface area contributed by atoms with Crippen LogP contribution in [0.5, 0.6) is 0 Å². The minimum Gasteiger partial charge on any atom is -0.317 e. The molecule has 0 spiro atoms. The predicted octanol–water partition coefficient (Wildman–Crippen LogP) is 2.55. The highest BCUT2D eigenvalue weighted by atomic mass is 79.9. The normalized spacial score (nSPS) is 11.1. The quantitative estimate of drug-likeness (QED) is 0.831. The van der Waals surface area contributed by atoms with Crippen LogP contribution in [0.4, 0.5) is 0 Å². The Hall–Kier alpha value is -1.20. The molecule has 5 heteroatoms. The Kier molecular flexibility index (Phi) is 5.10. The van der Waals surface area contributed by atoms with Gasteiger partial charge in [0, 0.05) is 11.0 Å². The van der Waals surface area contributed by atoms with E-state index in [2.05, 4.69) is 33.2 Å². The van der Waals surface area contributed by atoms with Gasteiger partial charge in [-0.1, -0.05) is 22.9 Å². The summed E-state index contributed by atoms with van der Waals surface area (Å²) in [6.45, 7) is 4.80. The molecule has 0 aliphatic heterocycles. The van der Waals surface area contributed by atoms with E-state index in [1.807, 2.05) is 18.2 Å². The average Bonchev–Trinajstić information content (AvgIpc) is 2.41. The van der Waals surface area contributed by atoms with Gasteiger partial charge in [0.2, 0.25) is 0 Å². The van der Waals surface area contributed by atoms with E-state index < -0.39 is 0 Å². The Labute approximate surface area is 121 Å². The zero-order chi connectivity index (χ0) is 13.7. The van der Waals surface area contributed by atoms with Gasteiger partial charge in [-0.25, -0.2) is 4.98 Å². The van der Waals surface area contributed by atoms with Crippen molar-refractivity contribution in [2.24, 2.45) is 0 Å². The molecule has 0 saturated carbocycles. The number of hydrogen-bond donors (Lipinski definition) is 1. The maximum absolute atomic E-state index is 12.3. The van der Waals surface area contributed by atoms with E-state index in [0.29, 0.717) is 5.39 Å². The smallest absolute Gasteiger partial charge is 0.261 e. The first-order valence-electron chi connectivity index (χ1n) is 6.58. The maximum atomic E-state index is 12.3. The number of nitrogens with zero attached hydrogens (tertiary/aromatic N) is 2. The molecule has 1 aromatic carbocycles. The van der Waals surface area contributed by atoms with Crippen LogP contribution in [-0.2, 0) is 6.54 Å². The molecule has 1 aromatic heterocycles. The monoisotopic (exact) mass is 323 g/mol. The summed E-state index contributed by atoms with van der Waals surface area (Å²) >= 11 is 3.39. The second-order valence-corrected chi connectivity index (χ2v) is 5.38. The van der Waals surface area contributed by atoms with Crippen molar-refractivity contribution in [2.75, 3.05) is 13.1 Å². The molecule has 19 heavy (non-hydrogen) atoms. The van der Waals surface area contributed by atoms with E-state index in [4.69, 9.17) is 0 Å². The number of hydrogen-bond acceptors (Lipinski definition) is 3. The summed E-state index contributed by atoms with van der Waals surface area (Å²) in [7, 11) is 0. The molecule has 0 bridgehead atoms. The fourth-order valence-corrected chi connectivity index (χ4v) is 2.36. The minimum atomic E-state index is 0.0368. The van der Waals surface area contributed by atoms with Gasteiger partial charge in [0.15, 0.2) is 0 Å². The van der Waals surface area contributed by atoms with Crippen LogP contribution in [0.1, 0.15) is 19.8 Å². The maximum Gasteiger partial charge on any atom is 0.261 e. The van der Waals surface area contributed by atoms with Crippen LogP contribution < -0.4 is 10.9 Å². The Morgan fingerprint density at radius 1 is 1.37 bits per heavy atom. The predicted molar refractivity (Wildman–Crippen MR) is 81.5 cm³/mol. The third kappa shape index (κ3) is 3.64. The van der Waals surface area contributed by atoms with Crippen molar-refractivity contribution in [1.29, 1.82) is 0 Å². The van der Waals surface area contributed by atoms with Crippen LogP contribution in [0, 0.1) is 0 Å². The zero-order valence-corrected chi connectivity index (χ0v) is 12.6. The van der Waals surface area contributed by atoms with Crippen LogP contribution in [0.25, 0.3) is 10.9 Å². The molecule has 0 unspecified atom stereocenters. The molecule has 0 aliphatic rings. The molecular formula is C14H18BrN3O. The first kappa shape index (κ1) is 14.2. The SMILES string of the molecule is CCNCCCCn1cnc2ccc(Br)cc2c1=O. The molecule has 1 heterocycles. The number of aryl methyl sites for hydroxylation is 1. The molecule has 102 valence electrons.